The maximum Gasteiger partial charge on any atom is 0.310 e. The molecule has 1 N–H and O–H groups in total. The van der Waals surface area contributed by atoms with Gasteiger partial charge < -0.3 is 19.6 Å². The van der Waals surface area contributed by atoms with Crippen molar-refractivity contribution in [3.63, 3.8) is 0 Å². The lowest BCUT2D eigenvalue weighted by molar-refractivity contribution is -0.154. The minimum absolute atomic E-state index is 0.0796. The van der Waals surface area contributed by atoms with Crippen LogP contribution in [0, 0.1) is 25.7 Å². The normalized spacial score (nSPS) is 28.0. The van der Waals surface area contributed by atoms with Gasteiger partial charge in [0.2, 0.25) is 5.91 Å². The smallest absolute Gasteiger partial charge is 0.310 e. The van der Waals surface area contributed by atoms with E-state index in [-0.39, 0.29) is 41.6 Å². The highest BCUT2D eigenvalue weighted by Gasteiger charge is 2.76. The van der Waals surface area contributed by atoms with Crippen LogP contribution in [0.15, 0.2) is 73.8 Å². The highest BCUT2D eigenvalue weighted by atomic mass is 79.9. The number of thioether (sulfide) groups is 1. The molecule has 9 heteroatoms. The number of carbonyl (C=O) groups is 3. The first-order chi connectivity index (χ1) is 20.7. The second kappa shape index (κ2) is 13.0. The van der Waals surface area contributed by atoms with Gasteiger partial charge in [-0.15, -0.1) is 24.9 Å². The maximum absolute atomic E-state index is 15.0. The molecule has 0 aliphatic carbocycles. The van der Waals surface area contributed by atoms with E-state index in [1.807, 2.05) is 62.4 Å². The summed E-state index contributed by atoms with van der Waals surface area (Å²) in [6, 6.07) is 14.1. The van der Waals surface area contributed by atoms with Gasteiger partial charge in [0.15, 0.2) is 0 Å². The zero-order valence-electron chi connectivity index (χ0n) is 24.7. The molecule has 7 atom stereocenters. The van der Waals surface area contributed by atoms with Gasteiger partial charge in [-0.3, -0.25) is 14.4 Å². The predicted octanol–water partition coefficient (Wildman–Crippen LogP) is 5.01. The second-order valence-electron chi connectivity index (χ2n) is 11.7. The van der Waals surface area contributed by atoms with Crippen molar-refractivity contribution in [1.29, 1.82) is 0 Å². The average Bonchev–Trinajstić information content (AvgIpc) is 3.59. The van der Waals surface area contributed by atoms with Crippen molar-refractivity contribution in [1.82, 2.24) is 4.90 Å². The van der Waals surface area contributed by atoms with Crippen LogP contribution in [-0.2, 0) is 25.5 Å². The zero-order valence-corrected chi connectivity index (χ0v) is 27.1. The number of carbonyl (C=O) groups excluding carboxylic acids is 3. The van der Waals surface area contributed by atoms with Gasteiger partial charge in [-0.1, -0.05) is 70.5 Å². The number of rotatable bonds is 12. The number of hydrogen-bond acceptors (Lipinski definition) is 6. The van der Waals surface area contributed by atoms with Gasteiger partial charge >= 0.3 is 5.97 Å². The van der Waals surface area contributed by atoms with Crippen LogP contribution in [0.3, 0.4) is 0 Å². The average molecular weight is 668 g/mol. The zero-order chi connectivity index (χ0) is 30.9. The van der Waals surface area contributed by atoms with Crippen molar-refractivity contribution < 1.29 is 24.2 Å². The molecule has 7 nitrogen and oxygen atoms in total. The lowest BCUT2D eigenvalue weighted by Crippen LogP contribution is -2.58. The van der Waals surface area contributed by atoms with Crippen molar-refractivity contribution in [3.8, 4) is 0 Å². The van der Waals surface area contributed by atoms with Crippen molar-refractivity contribution >= 4 is 51.2 Å². The summed E-state index contributed by atoms with van der Waals surface area (Å²) >= 11 is 5.37. The van der Waals surface area contributed by atoms with E-state index in [9.17, 15) is 19.5 Å². The standard InChI is InChI=1S/C34H39BrN2O5S/c1-5-7-16-42-33(41)27-28-31(39)37(24(20-38)18-23-11-9-8-10-12-23)30(34(28)19-25(35)29(27)43-34)32(40)36(15-6-2)26-17-21(3)13-14-22(26)4/h5-6,8-14,17,24-25,27-30,38H,1-2,7,15-16,18-20H2,3-4H3/t24-,25?,27-,28+,29-,30?,34?/m1/s1. The second-order valence-corrected chi connectivity index (χ2v) is 14.4. The number of halogens is 1. The SMILES string of the molecule is C=CCCOC(=O)[C@H]1[C@@H]2SC3(CC2Br)C(C(=O)N(CC=C)c2cc(C)ccc2C)N([C@@H](CO)Cc2ccccc2)C(=O)[C@H]13. The topological polar surface area (TPSA) is 87.2 Å². The molecule has 3 unspecified atom stereocenters. The third-order valence-electron chi connectivity index (χ3n) is 8.95. The molecule has 3 aliphatic heterocycles. The molecule has 2 aromatic carbocycles. The Kier molecular flexibility index (Phi) is 9.54. The highest BCUT2D eigenvalue weighted by Crippen LogP contribution is 2.68. The molecule has 3 saturated heterocycles. The van der Waals surface area contributed by atoms with Gasteiger partial charge in [-0.25, -0.2) is 0 Å². The number of aliphatic hydroxyl groups excluding tert-OH is 1. The highest BCUT2D eigenvalue weighted by molar-refractivity contribution is 9.09. The summed E-state index contributed by atoms with van der Waals surface area (Å²) in [5, 5.41) is 10.5. The van der Waals surface area contributed by atoms with Gasteiger partial charge in [-0.2, -0.15) is 0 Å². The predicted molar refractivity (Wildman–Crippen MR) is 174 cm³/mol. The summed E-state index contributed by atoms with van der Waals surface area (Å²) in [7, 11) is 0. The van der Waals surface area contributed by atoms with Gasteiger partial charge in [-0.05, 0) is 55.9 Å². The number of hydrogen-bond donors (Lipinski definition) is 1. The summed E-state index contributed by atoms with van der Waals surface area (Å²) in [5.41, 5.74) is 3.64. The van der Waals surface area contributed by atoms with Crippen LogP contribution in [0.1, 0.15) is 29.5 Å². The molecule has 2 amide bonds. The summed E-state index contributed by atoms with van der Waals surface area (Å²) in [6.07, 6.45) is 4.81. The van der Waals surface area contributed by atoms with Crippen molar-refractivity contribution in [3.05, 3.63) is 90.5 Å². The number of likely N-dealkylation sites (tertiary alicyclic amines) is 1. The molecule has 0 saturated carbocycles. The van der Waals surface area contributed by atoms with E-state index < -0.39 is 34.6 Å². The van der Waals surface area contributed by atoms with Crippen molar-refractivity contribution in [2.24, 2.45) is 11.8 Å². The summed E-state index contributed by atoms with van der Waals surface area (Å²) in [5.74, 6) is -2.36. The van der Waals surface area contributed by atoms with Gasteiger partial charge in [0, 0.05) is 22.3 Å². The van der Waals surface area contributed by atoms with E-state index in [1.54, 1.807) is 33.7 Å². The molecule has 0 radical (unpaired) electrons. The van der Waals surface area contributed by atoms with Crippen LogP contribution in [0.25, 0.3) is 0 Å². The Balaban J connectivity index is 1.62. The van der Waals surface area contributed by atoms with Gasteiger partial charge in [0.05, 0.1) is 35.8 Å². The number of ether oxygens (including phenoxy) is 1. The molecule has 2 bridgehead atoms. The Morgan fingerprint density at radius 3 is 2.63 bits per heavy atom. The van der Waals surface area contributed by atoms with Crippen LogP contribution in [0.2, 0.25) is 0 Å². The largest absolute Gasteiger partial charge is 0.465 e. The first-order valence-corrected chi connectivity index (χ1v) is 16.5. The third-order valence-corrected chi connectivity index (χ3v) is 12.2. The number of fused-ring (bicyclic) bond motifs is 1. The van der Waals surface area contributed by atoms with E-state index in [0.717, 1.165) is 22.4 Å². The van der Waals surface area contributed by atoms with Crippen LogP contribution in [0.5, 0.6) is 0 Å². The Bertz CT molecular complexity index is 1400. The number of nitrogens with zero attached hydrogens (tertiary/aromatic N) is 2. The first-order valence-electron chi connectivity index (χ1n) is 14.7. The molecule has 5 rings (SSSR count). The number of amides is 2. The van der Waals surface area contributed by atoms with E-state index >= 15 is 0 Å². The van der Waals surface area contributed by atoms with E-state index in [1.165, 1.54) is 0 Å². The fourth-order valence-electron chi connectivity index (χ4n) is 7.08. The van der Waals surface area contributed by atoms with Crippen molar-refractivity contribution in [2.75, 3.05) is 24.7 Å². The molecular weight excluding hydrogens is 628 g/mol. The Morgan fingerprint density at radius 1 is 1.21 bits per heavy atom. The maximum atomic E-state index is 15.0. The van der Waals surface area contributed by atoms with Crippen LogP contribution in [-0.4, -0.2) is 74.5 Å². The minimum atomic E-state index is -0.897. The quantitative estimate of drug-likeness (QED) is 0.148. The van der Waals surface area contributed by atoms with Crippen molar-refractivity contribution in [2.45, 2.75) is 60.0 Å². The lowest BCUT2D eigenvalue weighted by Gasteiger charge is -2.40. The Hall–Kier alpha value is -2.88. The summed E-state index contributed by atoms with van der Waals surface area (Å²) in [6.45, 7) is 11.7. The summed E-state index contributed by atoms with van der Waals surface area (Å²) < 4.78 is 4.78. The fourth-order valence-corrected chi connectivity index (χ4v) is 10.7. The van der Waals surface area contributed by atoms with E-state index in [0.29, 0.717) is 19.3 Å². The number of benzene rings is 2. The molecular formula is C34H39BrN2O5S. The number of aliphatic hydroxyl groups is 1. The third kappa shape index (κ3) is 5.60. The molecule has 1 spiro atoms. The fraction of sp³-hybridized carbons (Fsp3) is 0.441. The van der Waals surface area contributed by atoms with E-state index in [2.05, 4.69) is 29.1 Å². The van der Waals surface area contributed by atoms with E-state index in [4.69, 9.17) is 4.74 Å². The Labute approximate surface area is 266 Å². The molecule has 0 aromatic heterocycles. The number of alkyl halides is 1. The molecule has 43 heavy (non-hydrogen) atoms. The molecule has 3 fully saturated rings. The first kappa shape index (κ1) is 31.5. The molecule has 228 valence electrons. The van der Waals surface area contributed by atoms with Crippen LogP contribution < -0.4 is 4.90 Å². The molecule has 3 heterocycles. The Morgan fingerprint density at radius 2 is 1.95 bits per heavy atom. The number of esters is 1. The number of aryl methyl sites for hydroxylation is 2. The summed E-state index contributed by atoms with van der Waals surface area (Å²) in [4.78, 5) is 46.4. The van der Waals surface area contributed by atoms with Crippen LogP contribution >= 0.6 is 27.7 Å². The minimum Gasteiger partial charge on any atom is -0.465 e. The van der Waals surface area contributed by atoms with Gasteiger partial charge in [0.1, 0.15) is 6.04 Å². The molecule has 2 aromatic rings. The van der Waals surface area contributed by atoms with Gasteiger partial charge in [0.25, 0.3) is 5.91 Å². The van der Waals surface area contributed by atoms with Crippen LogP contribution in [0.4, 0.5) is 5.69 Å². The molecule has 3 aliphatic rings. The number of anilines is 1. The lowest BCUT2D eigenvalue weighted by atomic mass is 9.71. The monoisotopic (exact) mass is 666 g/mol.